The van der Waals surface area contributed by atoms with E-state index < -0.39 is 0 Å². The predicted molar refractivity (Wildman–Crippen MR) is 59.4 cm³/mol. The average Bonchev–Trinajstić information content (AvgIpc) is 2.19. The van der Waals surface area contributed by atoms with Crippen LogP contribution >= 0.6 is 0 Å². The van der Waals surface area contributed by atoms with Gasteiger partial charge in [0.15, 0.2) is 0 Å². The quantitative estimate of drug-likeness (QED) is 0.763. The largest absolute Gasteiger partial charge is 0.395 e. The number of hydrogen-bond donors (Lipinski definition) is 2. The summed E-state index contributed by atoms with van der Waals surface area (Å²) in [6.07, 6.45) is 0.753. The summed E-state index contributed by atoms with van der Waals surface area (Å²) in [6, 6.07) is 4.07. The Kier molecular flexibility index (Phi) is 3.67. The van der Waals surface area contributed by atoms with E-state index in [1.54, 1.807) is 0 Å². The van der Waals surface area contributed by atoms with Gasteiger partial charge < -0.3 is 10.8 Å². The lowest BCUT2D eigenvalue weighted by Crippen LogP contribution is -2.27. The summed E-state index contributed by atoms with van der Waals surface area (Å²) < 4.78 is 0. The molecule has 0 aliphatic carbocycles. The van der Waals surface area contributed by atoms with Crippen LogP contribution in [0.15, 0.2) is 12.1 Å². The van der Waals surface area contributed by atoms with Crippen LogP contribution in [-0.4, -0.2) is 17.8 Å². The van der Waals surface area contributed by atoms with Gasteiger partial charge in [0.2, 0.25) is 0 Å². The van der Waals surface area contributed by atoms with Crippen LogP contribution in [0.2, 0.25) is 0 Å². The van der Waals surface area contributed by atoms with Gasteiger partial charge in [0.05, 0.1) is 6.61 Å². The molecular formula is C12H19NO. The van der Waals surface area contributed by atoms with E-state index >= 15 is 0 Å². The first-order valence-corrected chi connectivity index (χ1v) is 4.98. The molecule has 0 bridgehead atoms. The van der Waals surface area contributed by atoms with Crippen molar-refractivity contribution < 1.29 is 5.11 Å². The van der Waals surface area contributed by atoms with Gasteiger partial charge in [-0.25, -0.2) is 0 Å². The zero-order valence-electron chi connectivity index (χ0n) is 9.17. The molecule has 0 aliphatic rings. The van der Waals surface area contributed by atoms with Crippen molar-refractivity contribution in [3.8, 4) is 0 Å². The number of benzene rings is 1. The predicted octanol–water partition coefficient (Wildman–Crippen LogP) is 1.47. The first kappa shape index (κ1) is 11.2. The molecule has 1 aromatic rings. The standard InChI is InChI=1S/C12H19NO/c1-8-4-5-11(6-12(13)7-14)10(3)9(8)2/h4-5,12,14H,6-7,13H2,1-3H3. The van der Waals surface area contributed by atoms with E-state index in [-0.39, 0.29) is 12.6 Å². The normalized spacial score (nSPS) is 12.9. The highest BCUT2D eigenvalue weighted by molar-refractivity contribution is 5.39. The van der Waals surface area contributed by atoms with Gasteiger partial charge in [0.25, 0.3) is 0 Å². The number of aryl methyl sites for hydroxylation is 1. The molecule has 1 aromatic carbocycles. The van der Waals surface area contributed by atoms with Crippen LogP contribution in [0.4, 0.5) is 0 Å². The van der Waals surface area contributed by atoms with Crippen molar-refractivity contribution in [3.05, 3.63) is 34.4 Å². The Morgan fingerprint density at radius 2 is 1.86 bits per heavy atom. The highest BCUT2D eigenvalue weighted by Gasteiger charge is 2.07. The Morgan fingerprint density at radius 3 is 2.43 bits per heavy atom. The molecule has 1 atom stereocenters. The lowest BCUT2D eigenvalue weighted by molar-refractivity contribution is 0.265. The third-order valence-electron chi connectivity index (χ3n) is 2.89. The van der Waals surface area contributed by atoms with E-state index in [9.17, 15) is 0 Å². The van der Waals surface area contributed by atoms with E-state index in [4.69, 9.17) is 10.8 Å². The zero-order valence-corrected chi connectivity index (χ0v) is 9.17. The molecule has 14 heavy (non-hydrogen) atoms. The first-order chi connectivity index (χ1) is 6.56. The molecule has 2 heteroatoms. The number of aliphatic hydroxyl groups excluding tert-OH is 1. The Bertz CT molecular complexity index is 320. The van der Waals surface area contributed by atoms with Crippen LogP contribution in [0, 0.1) is 20.8 Å². The molecule has 1 unspecified atom stereocenters. The first-order valence-electron chi connectivity index (χ1n) is 4.98. The van der Waals surface area contributed by atoms with Gasteiger partial charge in [-0.05, 0) is 49.4 Å². The Labute approximate surface area is 85.8 Å². The SMILES string of the molecule is Cc1ccc(CC(N)CO)c(C)c1C. The summed E-state index contributed by atoms with van der Waals surface area (Å²) in [5.41, 5.74) is 10.9. The number of nitrogens with two attached hydrogens (primary N) is 1. The fourth-order valence-electron chi connectivity index (χ4n) is 1.58. The lowest BCUT2D eigenvalue weighted by atomic mass is 9.95. The molecule has 0 spiro atoms. The van der Waals surface area contributed by atoms with Crippen molar-refractivity contribution in [2.45, 2.75) is 33.2 Å². The van der Waals surface area contributed by atoms with Gasteiger partial charge in [0, 0.05) is 6.04 Å². The third kappa shape index (κ3) is 2.34. The molecule has 0 heterocycles. The second kappa shape index (κ2) is 4.58. The Balaban J connectivity index is 2.94. The van der Waals surface area contributed by atoms with E-state index in [2.05, 4.69) is 32.9 Å². The van der Waals surface area contributed by atoms with E-state index in [1.807, 2.05) is 0 Å². The maximum absolute atomic E-state index is 8.89. The third-order valence-corrected chi connectivity index (χ3v) is 2.89. The van der Waals surface area contributed by atoms with Crippen LogP contribution in [0.1, 0.15) is 22.3 Å². The second-order valence-corrected chi connectivity index (χ2v) is 3.94. The number of rotatable bonds is 3. The van der Waals surface area contributed by atoms with Crippen LogP contribution in [0.3, 0.4) is 0 Å². The summed E-state index contributed by atoms with van der Waals surface area (Å²) in [7, 11) is 0. The minimum absolute atomic E-state index is 0.0480. The topological polar surface area (TPSA) is 46.2 Å². The van der Waals surface area contributed by atoms with Crippen LogP contribution in [0.5, 0.6) is 0 Å². The van der Waals surface area contributed by atoms with Crippen molar-refractivity contribution in [2.24, 2.45) is 5.73 Å². The van der Waals surface area contributed by atoms with Crippen LogP contribution in [-0.2, 0) is 6.42 Å². The Morgan fingerprint density at radius 1 is 1.21 bits per heavy atom. The second-order valence-electron chi connectivity index (χ2n) is 3.94. The Hall–Kier alpha value is -0.860. The van der Waals surface area contributed by atoms with Crippen molar-refractivity contribution in [1.82, 2.24) is 0 Å². The molecule has 0 aromatic heterocycles. The summed E-state index contributed by atoms with van der Waals surface area (Å²) in [4.78, 5) is 0. The van der Waals surface area contributed by atoms with Gasteiger partial charge >= 0.3 is 0 Å². The monoisotopic (exact) mass is 193 g/mol. The lowest BCUT2D eigenvalue weighted by Gasteiger charge is -2.14. The minimum atomic E-state index is -0.143. The number of aliphatic hydroxyl groups is 1. The van der Waals surface area contributed by atoms with E-state index in [1.165, 1.54) is 22.3 Å². The van der Waals surface area contributed by atoms with Gasteiger partial charge in [0.1, 0.15) is 0 Å². The highest BCUT2D eigenvalue weighted by atomic mass is 16.3. The van der Waals surface area contributed by atoms with Gasteiger partial charge in [-0.1, -0.05) is 12.1 Å². The molecule has 0 saturated carbocycles. The molecule has 2 nitrogen and oxygen atoms in total. The molecule has 3 N–H and O–H groups in total. The zero-order chi connectivity index (χ0) is 10.7. The van der Waals surface area contributed by atoms with Gasteiger partial charge in [-0.2, -0.15) is 0 Å². The summed E-state index contributed by atoms with van der Waals surface area (Å²) >= 11 is 0. The van der Waals surface area contributed by atoms with Crippen molar-refractivity contribution in [1.29, 1.82) is 0 Å². The molecule has 0 amide bonds. The molecular weight excluding hydrogens is 174 g/mol. The average molecular weight is 193 g/mol. The van der Waals surface area contributed by atoms with Crippen molar-refractivity contribution in [2.75, 3.05) is 6.61 Å². The van der Waals surface area contributed by atoms with Gasteiger partial charge in [-0.15, -0.1) is 0 Å². The van der Waals surface area contributed by atoms with E-state index in [0.29, 0.717) is 0 Å². The fourth-order valence-corrected chi connectivity index (χ4v) is 1.58. The maximum atomic E-state index is 8.89. The number of hydrogen-bond acceptors (Lipinski definition) is 2. The molecule has 1 rings (SSSR count). The maximum Gasteiger partial charge on any atom is 0.0585 e. The molecule has 0 fully saturated rings. The smallest absolute Gasteiger partial charge is 0.0585 e. The highest BCUT2D eigenvalue weighted by Crippen LogP contribution is 2.17. The molecule has 0 radical (unpaired) electrons. The fraction of sp³-hybridized carbons (Fsp3) is 0.500. The van der Waals surface area contributed by atoms with Gasteiger partial charge in [-0.3, -0.25) is 0 Å². The van der Waals surface area contributed by atoms with E-state index in [0.717, 1.165) is 6.42 Å². The minimum Gasteiger partial charge on any atom is -0.395 e. The molecule has 0 saturated heterocycles. The van der Waals surface area contributed by atoms with Crippen molar-refractivity contribution >= 4 is 0 Å². The summed E-state index contributed by atoms with van der Waals surface area (Å²) in [5.74, 6) is 0. The summed E-state index contributed by atoms with van der Waals surface area (Å²) in [6.45, 7) is 6.39. The molecule has 78 valence electrons. The van der Waals surface area contributed by atoms with Crippen LogP contribution < -0.4 is 5.73 Å². The van der Waals surface area contributed by atoms with Crippen molar-refractivity contribution in [3.63, 3.8) is 0 Å². The van der Waals surface area contributed by atoms with Crippen LogP contribution in [0.25, 0.3) is 0 Å². The summed E-state index contributed by atoms with van der Waals surface area (Å²) in [5, 5.41) is 8.89. The molecule has 0 aliphatic heterocycles.